The van der Waals surface area contributed by atoms with Crippen molar-refractivity contribution in [3.05, 3.63) is 52.5 Å². The lowest BCUT2D eigenvalue weighted by atomic mass is 10.1. The highest BCUT2D eigenvalue weighted by Crippen LogP contribution is 2.35. The monoisotopic (exact) mass is 402 g/mol. The van der Waals surface area contributed by atoms with E-state index in [-0.39, 0.29) is 18.4 Å². The van der Waals surface area contributed by atoms with Gasteiger partial charge in [-0.1, -0.05) is 35.8 Å². The van der Waals surface area contributed by atoms with Gasteiger partial charge in [-0.2, -0.15) is 0 Å². The average molecular weight is 403 g/mol. The zero-order valence-corrected chi connectivity index (χ0v) is 15.7. The van der Waals surface area contributed by atoms with Crippen LogP contribution in [0.5, 0.6) is 5.75 Å². The van der Waals surface area contributed by atoms with Crippen molar-refractivity contribution in [1.82, 2.24) is 0 Å². The number of nitrogens with one attached hydrogen (secondary N) is 1. The van der Waals surface area contributed by atoms with E-state index in [4.69, 9.17) is 4.74 Å². The number of amides is 2. The van der Waals surface area contributed by atoms with Gasteiger partial charge in [-0.25, -0.2) is 0 Å². The van der Waals surface area contributed by atoms with E-state index in [9.17, 15) is 9.59 Å². The number of ether oxygens (including phenoxy) is 1. The van der Waals surface area contributed by atoms with Crippen molar-refractivity contribution in [1.29, 1.82) is 0 Å². The lowest BCUT2D eigenvalue weighted by molar-refractivity contribution is -0.121. The average Bonchev–Trinajstić information content (AvgIpc) is 2.57. The van der Waals surface area contributed by atoms with Gasteiger partial charge in [-0.3, -0.25) is 9.59 Å². The molecular formula is C19H19BrN2O3. The number of hydrogen-bond donors (Lipinski definition) is 1. The summed E-state index contributed by atoms with van der Waals surface area (Å²) >= 11 is 3.36. The smallest absolute Gasteiger partial charge is 0.265 e. The third-order valence-electron chi connectivity index (χ3n) is 3.79. The van der Waals surface area contributed by atoms with Crippen molar-refractivity contribution in [3.8, 4) is 5.75 Å². The Morgan fingerprint density at radius 1 is 1.28 bits per heavy atom. The summed E-state index contributed by atoms with van der Waals surface area (Å²) in [6, 6.07) is 12.5. The molecule has 130 valence electrons. The third-order valence-corrected chi connectivity index (χ3v) is 4.29. The van der Waals surface area contributed by atoms with Crippen LogP contribution in [0.2, 0.25) is 0 Å². The van der Waals surface area contributed by atoms with Gasteiger partial charge in [0.1, 0.15) is 5.75 Å². The summed E-state index contributed by atoms with van der Waals surface area (Å²) in [7, 11) is 0. The first kappa shape index (κ1) is 17.5. The number of nitrogens with zero attached hydrogens (tertiary/aromatic N) is 1. The Labute approximate surface area is 155 Å². The van der Waals surface area contributed by atoms with Gasteiger partial charge in [0.05, 0.1) is 5.69 Å². The van der Waals surface area contributed by atoms with E-state index >= 15 is 0 Å². The predicted octanol–water partition coefficient (Wildman–Crippen LogP) is 4.08. The summed E-state index contributed by atoms with van der Waals surface area (Å²) in [5, 5.41) is 2.87. The number of hydrogen-bond acceptors (Lipinski definition) is 3. The molecule has 2 aromatic rings. The van der Waals surface area contributed by atoms with Crippen LogP contribution in [0, 0.1) is 5.92 Å². The van der Waals surface area contributed by atoms with E-state index in [1.807, 2.05) is 12.1 Å². The number of halogens is 1. The second kappa shape index (κ2) is 7.27. The molecule has 2 aromatic carbocycles. The molecule has 1 aliphatic rings. The van der Waals surface area contributed by atoms with Gasteiger partial charge in [0.25, 0.3) is 11.8 Å². The second-order valence-electron chi connectivity index (χ2n) is 6.33. The van der Waals surface area contributed by atoms with Crippen molar-refractivity contribution in [2.24, 2.45) is 5.92 Å². The van der Waals surface area contributed by atoms with Crippen LogP contribution < -0.4 is 15.0 Å². The number of anilines is 2. The first-order chi connectivity index (χ1) is 11.9. The van der Waals surface area contributed by atoms with Crippen LogP contribution in [0.25, 0.3) is 0 Å². The minimum Gasteiger partial charge on any atom is -0.482 e. The molecule has 0 saturated carbocycles. The minimum absolute atomic E-state index is 0.0451. The molecule has 0 aromatic heterocycles. The van der Waals surface area contributed by atoms with Crippen LogP contribution in [0.15, 0.2) is 46.9 Å². The number of carbonyl (C=O) groups is 2. The minimum atomic E-state index is -0.209. The zero-order chi connectivity index (χ0) is 18.0. The summed E-state index contributed by atoms with van der Waals surface area (Å²) in [5.41, 5.74) is 1.87. The molecule has 0 fully saturated rings. The fourth-order valence-electron chi connectivity index (χ4n) is 2.68. The maximum Gasteiger partial charge on any atom is 0.265 e. The maximum absolute atomic E-state index is 12.4. The van der Waals surface area contributed by atoms with Crippen LogP contribution in [0.3, 0.4) is 0 Å². The summed E-state index contributed by atoms with van der Waals surface area (Å²) in [6.07, 6.45) is 0. The Hall–Kier alpha value is -2.34. The first-order valence-corrected chi connectivity index (χ1v) is 8.87. The van der Waals surface area contributed by atoms with Crippen molar-refractivity contribution >= 4 is 39.1 Å². The molecule has 0 atom stereocenters. The van der Waals surface area contributed by atoms with E-state index in [2.05, 4.69) is 35.1 Å². The first-order valence-electron chi connectivity index (χ1n) is 8.08. The van der Waals surface area contributed by atoms with Crippen LogP contribution in [0.1, 0.15) is 24.2 Å². The third kappa shape index (κ3) is 4.02. The molecule has 3 rings (SSSR count). The molecule has 5 nitrogen and oxygen atoms in total. The van der Waals surface area contributed by atoms with Crippen molar-refractivity contribution < 1.29 is 14.3 Å². The highest BCUT2D eigenvalue weighted by atomic mass is 79.9. The van der Waals surface area contributed by atoms with Gasteiger partial charge >= 0.3 is 0 Å². The van der Waals surface area contributed by atoms with Gasteiger partial charge in [0, 0.05) is 22.3 Å². The van der Waals surface area contributed by atoms with Gasteiger partial charge in [-0.05, 0) is 42.3 Å². The molecule has 0 radical (unpaired) electrons. The van der Waals surface area contributed by atoms with Crippen molar-refractivity contribution in [2.45, 2.75) is 13.8 Å². The standard InChI is InChI=1S/C19H19BrN2O3/c1-12(2)10-22-16-9-15(6-7-17(16)25-11-18(22)23)21-19(24)13-4-3-5-14(20)8-13/h3-9,12H,10-11H2,1-2H3,(H,21,24). The van der Waals surface area contributed by atoms with Crippen molar-refractivity contribution in [2.75, 3.05) is 23.4 Å². The normalized spacial score (nSPS) is 13.4. The summed E-state index contributed by atoms with van der Waals surface area (Å²) < 4.78 is 6.34. The van der Waals surface area contributed by atoms with Gasteiger partial charge in [-0.15, -0.1) is 0 Å². The molecule has 0 aliphatic carbocycles. The zero-order valence-electron chi connectivity index (χ0n) is 14.1. The van der Waals surface area contributed by atoms with Crippen LogP contribution in [0.4, 0.5) is 11.4 Å². The molecule has 0 unspecified atom stereocenters. The fourth-order valence-corrected chi connectivity index (χ4v) is 3.08. The largest absolute Gasteiger partial charge is 0.482 e. The lowest BCUT2D eigenvalue weighted by Gasteiger charge is -2.31. The van der Waals surface area contributed by atoms with E-state index in [1.54, 1.807) is 35.2 Å². The number of rotatable bonds is 4. The summed E-state index contributed by atoms with van der Waals surface area (Å²) in [5.74, 6) is 0.701. The van der Waals surface area contributed by atoms with E-state index in [0.29, 0.717) is 35.2 Å². The van der Waals surface area contributed by atoms with Crippen LogP contribution in [-0.4, -0.2) is 25.0 Å². The topological polar surface area (TPSA) is 58.6 Å². The molecular weight excluding hydrogens is 384 g/mol. The molecule has 2 amide bonds. The van der Waals surface area contributed by atoms with E-state index in [1.165, 1.54) is 0 Å². The lowest BCUT2D eigenvalue weighted by Crippen LogP contribution is -2.41. The Balaban J connectivity index is 1.86. The predicted molar refractivity (Wildman–Crippen MR) is 101 cm³/mol. The Kier molecular flexibility index (Phi) is 5.08. The Morgan fingerprint density at radius 3 is 2.80 bits per heavy atom. The highest BCUT2D eigenvalue weighted by molar-refractivity contribution is 9.10. The number of fused-ring (bicyclic) bond motifs is 1. The van der Waals surface area contributed by atoms with Crippen molar-refractivity contribution in [3.63, 3.8) is 0 Å². The SMILES string of the molecule is CC(C)CN1C(=O)COc2ccc(NC(=O)c3cccc(Br)c3)cc21. The van der Waals surface area contributed by atoms with E-state index < -0.39 is 0 Å². The fraction of sp³-hybridized carbons (Fsp3) is 0.263. The summed E-state index contributed by atoms with van der Waals surface area (Å²) in [4.78, 5) is 26.3. The van der Waals surface area contributed by atoms with E-state index in [0.717, 1.165) is 4.47 Å². The Morgan fingerprint density at radius 2 is 2.08 bits per heavy atom. The molecule has 25 heavy (non-hydrogen) atoms. The number of carbonyl (C=O) groups excluding carboxylic acids is 2. The van der Waals surface area contributed by atoms with Gasteiger partial charge in [0.2, 0.25) is 0 Å². The molecule has 0 bridgehead atoms. The van der Waals surface area contributed by atoms with Crippen LogP contribution >= 0.6 is 15.9 Å². The molecule has 1 aliphatic heterocycles. The molecule has 1 heterocycles. The van der Waals surface area contributed by atoms with Gasteiger partial charge in [0.15, 0.2) is 6.61 Å². The quantitative estimate of drug-likeness (QED) is 0.837. The summed E-state index contributed by atoms with van der Waals surface area (Å²) in [6.45, 7) is 4.77. The molecule has 0 saturated heterocycles. The highest BCUT2D eigenvalue weighted by Gasteiger charge is 2.26. The van der Waals surface area contributed by atoms with Gasteiger partial charge < -0.3 is 15.0 Å². The molecule has 1 N–H and O–H groups in total. The molecule has 0 spiro atoms. The second-order valence-corrected chi connectivity index (χ2v) is 7.25. The molecule has 6 heteroatoms. The number of benzene rings is 2. The maximum atomic E-state index is 12.4. The Bertz CT molecular complexity index is 820. The van der Waals surface area contributed by atoms with Crippen LogP contribution in [-0.2, 0) is 4.79 Å².